The molecule has 0 bridgehead atoms. The molecule has 1 atom stereocenters. The second-order valence-corrected chi connectivity index (χ2v) is 5.02. The maximum absolute atomic E-state index is 9.55. The van der Waals surface area contributed by atoms with Crippen molar-refractivity contribution in [1.82, 2.24) is 24.3 Å². The van der Waals surface area contributed by atoms with Crippen molar-refractivity contribution in [2.24, 2.45) is 0 Å². The summed E-state index contributed by atoms with van der Waals surface area (Å²) >= 11 is 5.76. The summed E-state index contributed by atoms with van der Waals surface area (Å²) in [4.78, 5) is 8.50. The molecule has 1 aromatic carbocycles. The summed E-state index contributed by atoms with van der Waals surface area (Å²) in [6.45, 7) is 0.600. The first-order valence-electron chi connectivity index (χ1n) is 6.10. The number of imidazole rings is 1. The molecule has 100 valence electrons. The molecule has 4 rings (SSSR count). The van der Waals surface area contributed by atoms with Crippen LogP contribution in [0.25, 0.3) is 17.1 Å². The minimum Gasteiger partial charge on any atom is -0.373 e. The molecule has 2 aromatic heterocycles. The minimum atomic E-state index is -1.04. The third-order valence-electron chi connectivity index (χ3n) is 3.44. The first kappa shape index (κ1) is 11.6. The Bertz CT molecular complexity index is 792. The van der Waals surface area contributed by atoms with E-state index in [0.29, 0.717) is 12.1 Å². The lowest BCUT2D eigenvalue weighted by atomic mass is 10.1. The van der Waals surface area contributed by atoms with E-state index in [4.69, 9.17) is 11.6 Å². The minimum absolute atomic E-state index is 0.600. The van der Waals surface area contributed by atoms with E-state index >= 15 is 0 Å². The topological polar surface area (TPSA) is 68.8 Å². The number of hydrogen-bond acceptors (Lipinski definition) is 4. The Hall–Kier alpha value is -2.18. The van der Waals surface area contributed by atoms with Gasteiger partial charge in [-0.3, -0.25) is 0 Å². The van der Waals surface area contributed by atoms with Gasteiger partial charge in [-0.15, -0.1) is 0 Å². The van der Waals surface area contributed by atoms with Gasteiger partial charge in [0.1, 0.15) is 6.33 Å². The van der Waals surface area contributed by atoms with E-state index in [2.05, 4.69) is 15.1 Å². The maximum Gasteiger partial charge on any atom is 0.160 e. The summed E-state index contributed by atoms with van der Waals surface area (Å²) in [6, 6.07) is 5.54. The predicted octanol–water partition coefficient (Wildman–Crippen LogP) is 1.72. The number of fused-ring (bicyclic) bond motifs is 5. The van der Waals surface area contributed by atoms with Crippen LogP contribution in [-0.2, 0) is 6.54 Å². The molecule has 0 radical (unpaired) electrons. The zero-order valence-electron chi connectivity index (χ0n) is 10.3. The van der Waals surface area contributed by atoms with Crippen LogP contribution in [0.4, 0.5) is 0 Å². The second-order valence-electron chi connectivity index (χ2n) is 4.61. The highest BCUT2D eigenvalue weighted by molar-refractivity contribution is 6.19. The highest BCUT2D eigenvalue weighted by Crippen LogP contribution is 2.32. The molecular formula is C13H10ClN5O. The van der Waals surface area contributed by atoms with Crippen LogP contribution in [0.1, 0.15) is 16.8 Å². The van der Waals surface area contributed by atoms with Crippen molar-refractivity contribution in [2.75, 3.05) is 0 Å². The summed E-state index contributed by atoms with van der Waals surface area (Å²) in [5.74, 6) is 0.753. The quantitative estimate of drug-likeness (QED) is 0.541. The van der Waals surface area contributed by atoms with Gasteiger partial charge >= 0.3 is 0 Å². The number of hydrogen-bond donors (Lipinski definition) is 1. The van der Waals surface area contributed by atoms with Crippen LogP contribution in [0.2, 0.25) is 0 Å². The molecule has 3 heterocycles. The SMILES string of the molecule is OC(Cl)c1ccc2c(c1)-c1ncnn1Cc1cncn1-2. The van der Waals surface area contributed by atoms with E-state index in [1.54, 1.807) is 12.4 Å². The first-order chi connectivity index (χ1) is 9.74. The van der Waals surface area contributed by atoms with E-state index in [0.717, 1.165) is 22.8 Å². The molecule has 0 fully saturated rings. The van der Waals surface area contributed by atoms with Gasteiger partial charge in [-0.05, 0) is 17.7 Å². The number of aliphatic hydroxyl groups excluding tert-OH is 1. The standard InChI is InChI=1S/C13H10ClN5O/c14-12(20)8-1-2-11-10(3-8)13-16-6-17-19(13)5-9-4-15-7-18(9)11/h1-4,6-7,12,20H,5H2. The molecule has 0 aliphatic carbocycles. The number of halogens is 1. The van der Waals surface area contributed by atoms with Gasteiger partial charge in [0.15, 0.2) is 11.4 Å². The molecule has 6 nitrogen and oxygen atoms in total. The molecule has 3 aromatic rings. The Labute approximate surface area is 119 Å². The van der Waals surface area contributed by atoms with Crippen molar-refractivity contribution in [3.8, 4) is 17.1 Å². The van der Waals surface area contributed by atoms with E-state index in [-0.39, 0.29) is 0 Å². The van der Waals surface area contributed by atoms with Crippen molar-refractivity contribution >= 4 is 11.6 Å². The molecule has 20 heavy (non-hydrogen) atoms. The lowest BCUT2D eigenvalue weighted by Gasteiger charge is -2.11. The van der Waals surface area contributed by atoms with Crippen LogP contribution in [-0.4, -0.2) is 29.4 Å². The van der Waals surface area contributed by atoms with E-state index in [1.807, 2.05) is 27.6 Å². The molecule has 0 saturated carbocycles. The molecule has 1 unspecified atom stereocenters. The van der Waals surface area contributed by atoms with Gasteiger partial charge in [0.2, 0.25) is 0 Å². The van der Waals surface area contributed by atoms with Crippen molar-refractivity contribution in [2.45, 2.75) is 12.1 Å². The zero-order chi connectivity index (χ0) is 13.7. The van der Waals surface area contributed by atoms with Crippen LogP contribution >= 0.6 is 11.6 Å². The van der Waals surface area contributed by atoms with Crippen LogP contribution in [0, 0.1) is 0 Å². The van der Waals surface area contributed by atoms with Gasteiger partial charge in [0, 0.05) is 5.56 Å². The maximum atomic E-state index is 9.55. The Morgan fingerprint density at radius 3 is 3.10 bits per heavy atom. The Morgan fingerprint density at radius 1 is 1.35 bits per heavy atom. The lowest BCUT2D eigenvalue weighted by molar-refractivity contribution is 0.263. The fourth-order valence-corrected chi connectivity index (χ4v) is 2.62. The number of benzene rings is 1. The number of rotatable bonds is 1. The molecule has 1 aliphatic heterocycles. The van der Waals surface area contributed by atoms with Gasteiger partial charge in [-0.2, -0.15) is 5.10 Å². The van der Waals surface area contributed by atoms with E-state index in [1.165, 1.54) is 6.33 Å². The summed E-state index contributed by atoms with van der Waals surface area (Å²) in [7, 11) is 0. The molecule has 0 spiro atoms. The van der Waals surface area contributed by atoms with Crippen molar-refractivity contribution < 1.29 is 5.11 Å². The fourth-order valence-electron chi connectivity index (χ4n) is 2.49. The molecule has 1 N–H and O–H groups in total. The van der Waals surface area contributed by atoms with Gasteiger partial charge in [0.05, 0.1) is 30.5 Å². The third-order valence-corrected chi connectivity index (χ3v) is 3.69. The normalized spacial score (nSPS) is 14.1. The number of nitrogens with zero attached hydrogens (tertiary/aromatic N) is 5. The number of alkyl halides is 1. The van der Waals surface area contributed by atoms with Gasteiger partial charge in [-0.25, -0.2) is 14.6 Å². The summed E-state index contributed by atoms with van der Waals surface area (Å²) in [5, 5.41) is 13.8. The fraction of sp³-hybridized carbons (Fsp3) is 0.154. The first-order valence-corrected chi connectivity index (χ1v) is 6.53. The van der Waals surface area contributed by atoms with Crippen LogP contribution in [0.3, 0.4) is 0 Å². The molecular weight excluding hydrogens is 278 g/mol. The molecule has 1 aliphatic rings. The predicted molar refractivity (Wildman–Crippen MR) is 72.5 cm³/mol. The largest absolute Gasteiger partial charge is 0.373 e. The average molecular weight is 288 g/mol. The van der Waals surface area contributed by atoms with Crippen molar-refractivity contribution in [1.29, 1.82) is 0 Å². The molecule has 0 amide bonds. The third kappa shape index (κ3) is 1.59. The van der Waals surface area contributed by atoms with Gasteiger partial charge < -0.3 is 9.67 Å². The molecule has 0 saturated heterocycles. The van der Waals surface area contributed by atoms with Crippen LogP contribution in [0.15, 0.2) is 37.1 Å². The second kappa shape index (κ2) is 4.16. The summed E-state index contributed by atoms with van der Waals surface area (Å²) in [5.41, 5.74) is 2.43. The number of aromatic nitrogens is 5. The van der Waals surface area contributed by atoms with Crippen molar-refractivity contribution in [3.05, 3.63) is 48.3 Å². The lowest BCUT2D eigenvalue weighted by Crippen LogP contribution is -2.03. The highest BCUT2D eigenvalue weighted by atomic mass is 35.5. The van der Waals surface area contributed by atoms with Crippen LogP contribution in [0.5, 0.6) is 0 Å². The average Bonchev–Trinajstić information content (AvgIpc) is 3.06. The summed E-state index contributed by atoms with van der Waals surface area (Å²) in [6.07, 6.45) is 5.09. The Morgan fingerprint density at radius 2 is 2.25 bits per heavy atom. The van der Waals surface area contributed by atoms with Gasteiger partial charge in [0.25, 0.3) is 0 Å². The van der Waals surface area contributed by atoms with Gasteiger partial charge in [-0.1, -0.05) is 17.7 Å². The Kier molecular flexibility index (Phi) is 2.42. The zero-order valence-corrected chi connectivity index (χ0v) is 11.1. The van der Waals surface area contributed by atoms with Crippen LogP contribution < -0.4 is 0 Å². The smallest absolute Gasteiger partial charge is 0.160 e. The summed E-state index contributed by atoms with van der Waals surface area (Å²) < 4.78 is 3.81. The van der Waals surface area contributed by atoms with Crippen molar-refractivity contribution in [3.63, 3.8) is 0 Å². The van der Waals surface area contributed by atoms with E-state index < -0.39 is 5.56 Å². The molecule has 7 heteroatoms. The number of aliphatic hydroxyl groups is 1. The highest BCUT2D eigenvalue weighted by Gasteiger charge is 2.21. The monoisotopic (exact) mass is 287 g/mol. The van der Waals surface area contributed by atoms with E-state index in [9.17, 15) is 5.11 Å². The Balaban J connectivity index is 2.05.